The third kappa shape index (κ3) is 1.16. The molecule has 2 rings (SSSR count). The molecule has 0 aromatic rings. The van der Waals surface area contributed by atoms with E-state index in [-0.39, 0.29) is 5.41 Å². The van der Waals surface area contributed by atoms with Gasteiger partial charge in [-0.2, -0.15) is 0 Å². The van der Waals surface area contributed by atoms with Crippen molar-refractivity contribution < 1.29 is 14.2 Å². The Labute approximate surface area is 110 Å². The first-order chi connectivity index (χ1) is 8.08. The molecule has 3 atom stereocenters. The summed E-state index contributed by atoms with van der Waals surface area (Å²) in [5.74, 6) is 0. The summed E-state index contributed by atoms with van der Waals surface area (Å²) in [5.41, 5.74) is 1.15. The van der Waals surface area contributed by atoms with E-state index >= 15 is 0 Å². The van der Waals surface area contributed by atoms with E-state index in [2.05, 4.69) is 48.5 Å². The van der Waals surface area contributed by atoms with Crippen LogP contribution in [0.5, 0.6) is 0 Å². The van der Waals surface area contributed by atoms with Gasteiger partial charge in [0.1, 0.15) is 23.6 Å². The molecule has 104 valence electrons. The van der Waals surface area contributed by atoms with Crippen LogP contribution in [-0.2, 0) is 14.2 Å². The number of ether oxygens (including phenoxy) is 3. The van der Waals surface area contributed by atoms with Crippen molar-refractivity contribution in [2.75, 3.05) is 13.9 Å². The zero-order valence-corrected chi connectivity index (χ0v) is 12.9. The summed E-state index contributed by atoms with van der Waals surface area (Å²) in [5, 5.41) is 0. The summed E-state index contributed by atoms with van der Waals surface area (Å²) in [7, 11) is 1.77. The van der Waals surface area contributed by atoms with Gasteiger partial charge in [-0.15, -0.1) is 0 Å². The smallest absolute Gasteiger partial charge is 0.149 e. The lowest BCUT2D eigenvalue weighted by Gasteiger charge is -2.61. The van der Waals surface area contributed by atoms with E-state index in [1.807, 2.05) is 0 Å². The fourth-order valence-electron chi connectivity index (χ4n) is 3.83. The number of rotatable bonds is 1. The Bertz CT molecular complexity index is 410. The van der Waals surface area contributed by atoms with Crippen LogP contribution in [0.15, 0.2) is 11.1 Å². The minimum atomic E-state index is -0.484. The molecule has 3 heteroatoms. The quantitative estimate of drug-likeness (QED) is 0.672. The van der Waals surface area contributed by atoms with Crippen LogP contribution in [0.2, 0.25) is 0 Å². The SMILES string of the molecule is COC1(C)C(C)(C)C(C)=C(C)C2(C)OCOC21C. The predicted molar refractivity (Wildman–Crippen MR) is 71.4 cm³/mol. The van der Waals surface area contributed by atoms with Gasteiger partial charge in [-0.1, -0.05) is 19.4 Å². The van der Waals surface area contributed by atoms with Crippen molar-refractivity contribution in [3.63, 3.8) is 0 Å². The summed E-state index contributed by atoms with van der Waals surface area (Å²) < 4.78 is 17.9. The van der Waals surface area contributed by atoms with Crippen LogP contribution in [0, 0.1) is 5.41 Å². The highest BCUT2D eigenvalue weighted by atomic mass is 16.7. The standard InChI is InChI=1S/C15H26O3/c1-10-11(2)13(5)15(7,18-9-17-13)14(6,16-8)12(10,3)4/h9H2,1-8H3. The second-order valence-corrected chi connectivity index (χ2v) is 6.59. The number of methoxy groups -OCH3 is 1. The van der Waals surface area contributed by atoms with Gasteiger partial charge in [-0.05, 0) is 40.2 Å². The highest BCUT2D eigenvalue weighted by Crippen LogP contribution is 2.61. The Morgan fingerprint density at radius 1 is 0.944 bits per heavy atom. The molecule has 0 spiro atoms. The second kappa shape index (κ2) is 3.59. The molecule has 0 aromatic carbocycles. The first-order valence-corrected chi connectivity index (χ1v) is 6.60. The average molecular weight is 254 g/mol. The Morgan fingerprint density at radius 2 is 1.50 bits per heavy atom. The first-order valence-electron chi connectivity index (χ1n) is 6.60. The van der Waals surface area contributed by atoms with Crippen molar-refractivity contribution in [3.8, 4) is 0 Å². The average Bonchev–Trinajstić information content (AvgIpc) is 2.64. The Hall–Kier alpha value is -0.380. The summed E-state index contributed by atoms with van der Waals surface area (Å²) >= 11 is 0. The molecule has 0 bridgehead atoms. The number of hydrogen-bond acceptors (Lipinski definition) is 3. The van der Waals surface area contributed by atoms with Gasteiger partial charge < -0.3 is 14.2 Å². The van der Waals surface area contributed by atoms with Crippen LogP contribution < -0.4 is 0 Å². The molecule has 0 amide bonds. The fraction of sp³-hybridized carbons (Fsp3) is 0.867. The monoisotopic (exact) mass is 254 g/mol. The Morgan fingerprint density at radius 3 is 2.00 bits per heavy atom. The zero-order chi connectivity index (χ0) is 14.0. The molecular weight excluding hydrogens is 228 g/mol. The first kappa shape index (κ1) is 14.0. The van der Waals surface area contributed by atoms with Crippen LogP contribution in [0.4, 0.5) is 0 Å². The molecule has 0 radical (unpaired) electrons. The van der Waals surface area contributed by atoms with Crippen molar-refractivity contribution in [1.29, 1.82) is 0 Å². The lowest BCUT2D eigenvalue weighted by Crippen LogP contribution is -2.71. The van der Waals surface area contributed by atoms with Crippen LogP contribution in [-0.4, -0.2) is 30.7 Å². The van der Waals surface area contributed by atoms with E-state index in [0.29, 0.717) is 6.79 Å². The van der Waals surface area contributed by atoms with Gasteiger partial charge in [0.15, 0.2) is 0 Å². The predicted octanol–water partition coefficient (Wildman–Crippen LogP) is 3.29. The molecule has 1 fully saturated rings. The summed E-state index contributed by atoms with van der Waals surface area (Å²) in [4.78, 5) is 0. The third-order valence-electron chi connectivity index (χ3n) is 6.33. The van der Waals surface area contributed by atoms with Crippen molar-refractivity contribution >= 4 is 0 Å². The van der Waals surface area contributed by atoms with Crippen molar-refractivity contribution in [1.82, 2.24) is 0 Å². The van der Waals surface area contributed by atoms with Gasteiger partial charge in [0.05, 0.1) is 0 Å². The Kier molecular flexibility index (Phi) is 2.80. The summed E-state index contributed by atoms with van der Waals surface area (Å²) in [6.07, 6.45) is 0. The van der Waals surface area contributed by atoms with Gasteiger partial charge in [0.25, 0.3) is 0 Å². The van der Waals surface area contributed by atoms with Gasteiger partial charge in [0.2, 0.25) is 0 Å². The lowest BCUT2D eigenvalue weighted by atomic mass is 9.52. The molecule has 0 aromatic heterocycles. The van der Waals surface area contributed by atoms with E-state index in [4.69, 9.17) is 14.2 Å². The molecule has 0 N–H and O–H groups in total. The zero-order valence-electron chi connectivity index (χ0n) is 12.9. The molecule has 1 aliphatic heterocycles. The van der Waals surface area contributed by atoms with Gasteiger partial charge in [-0.3, -0.25) is 0 Å². The van der Waals surface area contributed by atoms with E-state index in [9.17, 15) is 0 Å². The molecule has 1 aliphatic carbocycles. The molecule has 2 aliphatic rings. The lowest BCUT2D eigenvalue weighted by molar-refractivity contribution is -0.225. The van der Waals surface area contributed by atoms with Gasteiger partial charge in [0, 0.05) is 12.5 Å². The van der Waals surface area contributed by atoms with Crippen molar-refractivity contribution in [3.05, 3.63) is 11.1 Å². The van der Waals surface area contributed by atoms with Crippen LogP contribution >= 0.6 is 0 Å². The van der Waals surface area contributed by atoms with E-state index in [1.165, 1.54) is 11.1 Å². The van der Waals surface area contributed by atoms with E-state index < -0.39 is 16.8 Å². The molecule has 3 nitrogen and oxygen atoms in total. The fourth-order valence-corrected chi connectivity index (χ4v) is 3.83. The Balaban J connectivity index is 2.78. The molecule has 1 saturated heterocycles. The molecule has 3 unspecified atom stereocenters. The minimum Gasteiger partial charge on any atom is -0.374 e. The highest BCUT2D eigenvalue weighted by molar-refractivity contribution is 5.41. The van der Waals surface area contributed by atoms with Crippen LogP contribution in [0.25, 0.3) is 0 Å². The van der Waals surface area contributed by atoms with Crippen molar-refractivity contribution in [2.45, 2.75) is 65.3 Å². The van der Waals surface area contributed by atoms with E-state index in [1.54, 1.807) is 7.11 Å². The van der Waals surface area contributed by atoms with Crippen LogP contribution in [0.1, 0.15) is 48.5 Å². The molecule has 0 saturated carbocycles. The molecule has 1 heterocycles. The van der Waals surface area contributed by atoms with Gasteiger partial charge >= 0.3 is 0 Å². The largest absolute Gasteiger partial charge is 0.374 e. The maximum atomic E-state index is 6.03. The molecular formula is C15H26O3. The highest BCUT2D eigenvalue weighted by Gasteiger charge is 2.70. The van der Waals surface area contributed by atoms with Gasteiger partial charge in [-0.25, -0.2) is 0 Å². The second-order valence-electron chi connectivity index (χ2n) is 6.59. The van der Waals surface area contributed by atoms with Crippen LogP contribution in [0.3, 0.4) is 0 Å². The third-order valence-corrected chi connectivity index (χ3v) is 6.33. The number of fused-ring (bicyclic) bond motifs is 1. The summed E-state index contributed by atoms with van der Waals surface area (Å²) in [6.45, 7) is 15.5. The summed E-state index contributed by atoms with van der Waals surface area (Å²) in [6, 6.07) is 0. The number of hydrogen-bond donors (Lipinski definition) is 0. The maximum absolute atomic E-state index is 6.03. The normalized spacial score (nSPS) is 47.3. The topological polar surface area (TPSA) is 27.7 Å². The minimum absolute atomic E-state index is 0.103. The maximum Gasteiger partial charge on any atom is 0.149 e. The van der Waals surface area contributed by atoms with E-state index in [0.717, 1.165) is 0 Å². The van der Waals surface area contributed by atoms with Crippen molar-refractivity contribution in [2.24, 2.45) is 5.41 Å². The molecule has 18 heavy (non-hydrogen) atoms.